The molecule has 4 rings (SSSR count). The number of nitrogens with zero attached hydrogens (tertiary/aromatic N) is 2. The number of carbonyl (C=O) groups excluding carboxylic acids is 1. The lowest BCUT2D eigenvalue weighted by molar-refractivity contribution is 0.0796. The Morgan fingerprint density at radius 1 is 1.31 bits per heavy atom. The fraction of sp³-hybridized carbons (Fsp3) is 0.474. The van der Waals surface area contributed by atoms with E-state index in [9.17, 15) is 19.2 Å². The van der Waals surface area contributed by atoms with Crippen molar-refractivity contribution in [1.82, 2.24) is 4.98 Å². The molecule has 0 bridgehead atoms. The van der Waals surface area contributed by atoms with Gasteiger partial charge in [-0.3, -0.25) is 0 Å². The molecule has 5 N–H and O–H groups in total. The highest BCUT2D eigenvalue weighted by atomic mass is 32.2. The van der Waals surface area contributed by atoms with Crippen LogP contribution in [0.1, 0.15) is 53.1 Å². The van der Waals surface area contributed by atoms with Crippen molar-refractivity contribution in [3.63, 3.8) is 0 Å². The summed E-state index contributed by atoms with van der Waals surface area (Å²) in [7, 11) is -3.62. The maximum Gasteiger partial charge on any atom is 0.354 e. The van der Waals surface area contributed by atoms with Crippen LogP contribution in [0, 0.1) is 0 Å². The van der Waals surface area contributed by atoms with Crippen molar-refractivity contribution in [2.45, 2.75) is 62.5 Å². The number of fused-ring (bicyclic) bond motifs is 2. The molecule has 0 aliphatic heterocycles. The first-order valence-corrected chi connectivity index (χ1v) is 11.9. The lowest BCUT2D eigenvalue weighted by Gasteiger charge is -2.25. The maximum absolute atomic E-state index is 12.9. The Bertz CT molecular complexity index is 1120. The van der Waals surface area contributed by atoms with E-state index >= 15 is 0 Å². The summed E-state index contributed by atoms with van der Waals surface area (Å²) in [6.45, 7) is 2.61. The Labute approximate surface area is 173 Å². The van der Waals surface area contributed by atoms with Crippen LogP contribution in [-0.2, 0) is 47.8 Å². The summed E-state index contributed by atoms with van der Waals surface area (Å²) in [4.78, 5) is 17.0. The van der Waals surface area contributed by atoms with Gasteiger partial charge in [0, 0.05) is 5.69 Å². The van der Waals surface area contributed by atoms with Crippen molar-refractivity contribution in [2.75, 3.05) is 5.32 Å². The lowest BCUT2D eigenvalue weighted by Crippen LogP contribution is -2.21. The minimum absolute atomic E-state index is 0.0971. The van der Waals surface area contributed by atoms with Crippen LogP contribution in [-0.4, -0.2) is 25.4 Å². The molecule has 1 heterocycles. The second kappa shape index (κ2) is 7.13. The molecule has 0 fully saturated rings. The smallest absolute Gasteiger partial charge is 0.354 e. The largest absolute Gasteiger partial charge is 0.390 e. The number of anilines is 1. The van der Waals surface area contributed by atoms with Gasteiger partial charge in [-0.15, -0.1) is 15.7 Å². The number of hydrogen-bond donors (Lipinski definition) is 4. The Balaban J connectivity index is 1.66. The first-order chi connectivity index (χ1) is 13.6. The topological polar surface area (TPSA) is 138 Å². The van der Waals surface area contributed by atoms with Gasteiger partial charge < -0.3 is 15.5 Å². The van der Waals surface area contributed by atoms with Gasteiger partial charge in [-0.1, -0.05) is 6.07 Å². The summed E-state index contributed by atoms with van der Waals surface area (Å²) < 4.78 is 16.5. The van der Waals surface area contributed by atoms with E-state index in [1.807, 2.05) is 0 Å². The van der Waals surface area contributed by atoms with Crippen LogP contribution < -0.4 is 10.5 Å². The SMILES string of the molecule is CC(C)(O)c1sc(S(N)(=O)=NC(=O)Nc2c3c(cc4c2CC4)CCC3)nc1CO. The minimum Gasteiger partial charge on any atom is -0.390 e. The third-order valence-corrected chi connectivity index (χ3v) is 8.53. The molecule has 0 saturated carbocycles. The highest BCUT2D eigenvalue weighted by molar-refractivity contribution is 7.93. The number of aliphatic hydroxyl groups is 2. The van der Waals surface area contributed by atoms with E-state index < -0.39 is 28.2 Å². The van der Waals surface area contributed by atoms with Crippen LogP contribution in [0.2, 0.25) is 0 Å². The quantitative estimate of drug-likeness (QED) is 0.583. The number of urea groups is 1. The average molecular weight is 437 g/mol. The predicted molar refractivity (Wildman–Crippen MR) is 111 cm³/mol. The summed E-state index contributed by atoms with van der Waals surface area (Å²) in [5, 5.41) is 28.4. The zero-order valence-corrected chi connectivity index (χ0v) is 18.0. The van der Waals surface area contributed by atoms with Crippen molar-refractivity contribution in [3.8, 4) is 0 Å². The fourth-order valence-electron chi connectivity index (χ4n) is 3.93. The number of amides is 2. The molecule has 1 aromatic heterocycles. The fourth-order valence-corrected chi connectivity index (χ4v) is 6.19. The van der Waals surface area contributed by atoms with Crippen LogP contribution in [0.25, 0.3) is 0 Å². The summed E-state index contributed by atoms with van der Waals surface area (Å²) in [6.07, 6.45) is 4.85. The third kappa shape index (κ3) is 3.71. The molecule has 29 heavy (non-hydrogen) atoms. The average Bonchev–Trinajstić information content (AvgIpc) is 3.23. The first kappa shape index (κ1) is 20.4. The number of aryl methyl sites for hydroxylation is 2. The molecular weight excluding hydrogens is 412 g/mol. The van der Waals surface area contributed by atoms with Gasteiger partial charge >= 0.3 is 6.03 Å². The molecule has 10 heteroatoms. The molecule has 156 valence electrons. The van der Waals surface area contributed by atoms with Gasteiger partial charge in [-0.25, -0.2) is 19.1 Å². The Hall–Kier alpha value is -1.85. The molecule has 2 aliphatic carbocycles. The van der Waals surface area contributed by atoms with Gasteiger partial charge in [0.15, 0.2) is 9.92 Å². The second-order valence-electron chi connectivity index (χ2n) is 7.94. The number of aromatic nitrogens is 1. The first-order valence-electron chi connectivity index (χ1n) is 9.46. The van der Waals surface area contributed by atoms with Crippen LogP contribution in [0.5, 0.6) is 0 Å². The third-order valence-electron chi connectivity index (χ3n) is 5.33. The van der Waals surface area contributed by atoms with E-state index in [1.165, 1.54) is 25.0 Å². The number of nitrogens with two attached hydrogens (primary N) is 1. The van der Waals surface area contributed by atoms with E-state index in [0.29, 0.717) is 4.88 Å². The number of aliphatic hydroxyl groups excluding tert-OH is 1. The zero-order chi connectivity index (χ0) is 21.0. The van der Waals surface area contributed by atoms with E-state index in [4.69, 9.17) is 5.14 Å². The van der Waals surface area contributed by atoms with E-state index in [0.717, 1.165) is 60.3 Å². The highest BCUT2D eigenvalue weighted by Gasteiger charge is 2.29. The molecule has 0 radical (unpaired) electrons. The molecule has 1 atom stereocenters. The molecule has 2 amide bonds. The maximum atomic E-state index is 12.9. The molecule has 1 unspecified atom stereocenters. The van der Waals surface area contributed by atoms with Crippen LogP contribution in [0.15, 0.2) is 14.8 Å². The number of hydrogen-bond acceptors (Lipinski definition) is 6. The van der Waals surface area contributed by atoms with E-state index in [2.05, 4.69) is 20.7 Å². The standard InChI is InChI=1S/C19H24N4O4S2/c1-19(2,26)16-14(9-24)21-18(28-16)29(20,27)23-17(25)22-15-12-5-3-4-10(12)8-11-6-7-13(11)15/h8,24,26H,3-7,9H2,1-2H3,(H3,20,22,23,25,27). The lowest BCUT2D eigenvalue weighted by atomic mass is 9.83. The molecule has 0 spiro atoms. The summed E-state index contributed by atoms with van der Waals surface area (Å²) in [6, 6.07) is 1.45. The zero-order valence-electron chi connectivity index (χ0n) is 16.3. The second-order valence-corrected chi connectivity index (χ2v) is 10.9. The van der Waals surface area contributed by atoms with Crippen LogP contribution in [0.3, 0.4) is 0 Å². The van der Waals surface area contributed by atoms with Crippen molar-refractivity contribution in [1.29, 1.82) is 0 Å². The molecule has 2 aromatic rings. The Morgan fingerprint density at radius 2 is 2.00 bits per heavy atom. The number of benzene rings is 1. The Kier molecular flexibility index (Phi) is 5.02. The number of thiazole rings is 1. The predicted octanol–water partition coefficient (Wildman–Crippen LogP) is 2.38. The van der Waals surface area contributed by atoms with Crippen molar-refractivity contribution < 1.29 is 19.2 Å². The Morgan fingerprint density at radius 3 is 2.59 bits per heavy atom. The molecule has 2 aliphatic rings. The number of carbonyl (C=O) groups is 1. The molecule has 1 aromatic carbocycles. The summed E-state index contributed by atoms with van der Waals surface area (Å²) >= 11 is 0.888. The number of nitrogens with one attached hydrogen (secondary N) is 1. The van der Waals surface area contributed by atoms with Gasteiger partial charge in [-0.05, 0) is 68.2 Å². The van der Waals surface area contributed by atoms with Crippen molar-refractivity contribution in [2.24, 2.45) is 9.50 Å². The normalized spacial score (nSPS) is 17.1. The van der Waals surface area contributed by atoms with E-state index in [1.54, 1.807) is 0 Å². The van der Waals surface area contributed by atoms with Gasteiger partial charge in [0.25, 0.3) is 0 Å². The van der Waals surface area contributed by atoms with Gasteiger partial charge in [0.1, 0.15) is 0 Å². The van der Waals surface area contributed by atoms with Gasteiger partial charge in [0.05, 0.1) is 22.8 Å². The molecule has 8 nitrogen and oxygen atoms in total. The molecule has 0 saturated heterocycles. The highest BCUT2D eigenvalue weighted by Crippen LogP contribution is 2.40. The van der Waals surface area contributed by atoms with Crippen molar-refractivity contribution >= 4 is 33.0 Å². The summed E-state index contributed by atoms with van der Waals surface area (Å²) in [5.41, 5.74) is 4.44. The van der Waals surface area contributed by atoms with Crippen molar-refractivity contribution in [3.05, 3.63) is 38.9 Å². The molecular formula is C19H24N4O4S2. The van der Waals surface area contributed by atoms with Gasteiger partial charge in [0.2, 0.25) is 4.34 Å². The van der Waals surface area contributed by atoms with Crippen LogP contribution in [0.4, 0.5) is 10.5 Å². The number of rotatable bonds is 4. The van der Waals surface area contributed by atoms with Gasteiger partial charge in [-0.2, -0.15) is 0 Å². The van der Waals surface area contributed by atoms with Crippen LogP contribution >= 0.6 is 11.3 Å². The summed E-state index contributed by atoms with van der Waals surface area (Å²) in [5.74, 6) is 0. The monoisotopic (exact) mass is 436 g/mol. The minimum atomic E-state index is -3.62. The van der Waals surface area contributed by atoms with E-state index in [-0.39, 0.29) is 10.0 Å².